The van der Waals surface area contributed by atoms with Crippen LogP contribution in [0.5, 0.6) is 0 Å². The molecule has 4 nitrogen and oxygen atoms in total. The summed E-state index contributed by atoms with van der Waals surface area (Å²) >= 11 is 1.34. The van der Waals surface area contributed by atoms with Gasteiger partial charge in [-0.25, -0.2) is 4.39 Å². The van der Waals surface area contributed by atoms with Gasteiger partial charge in [0.1, 0.15) is 5.82 Å². The SMILES string of the molecule is O=C(NCC(=O)N(Cc1cccc(F)c1)C1CC1)c1cccs1. The lowest BCUT2D eigenvalue weighted by Gasteiger charge is -2.22. The van der Waals surface area contributed by atoms with Crippen LogP contribution in [0.1, 0.15) is 28.1 Å². The Morgan fingerprint density at radius 3 is 2.74 bits per heavy atom. The minimum atomic E-state index is -0.309. The molecule has 0 saturated heterocycles. The van der Waals surface area contributed by atoms with Crippen molar-refractivity contribution in [1.29, 1.82) is 0 Å². The van der Waals surface area contributed by atoms with Gasteiger partial charge < -0.3 is 10.2 Å². The van der Waals surface area contributed by atoms with Crippen LogP contribution in [0.15, 0.2) is 41.8 Å². The van der Waals surface area contributed by atoms with Gasteiger partial charge in [-0.2, -0.15) is 0 Å². The summed E-state index contributed by atoms with van der Waals surface area (Å²) in [6, 6.07) is 9.97. The number of amides is 2. The monoisotopic (exact) mass is 332 g/mol. The van der Waals surface area contributed by atoms with Crippen LogP contribution in [0.2, 0.25) is 0 Å². The Balaban J connectivity index is 1.59. The minimum Gasteiger partial charge on any atom is -0.342 e. The van der Waals surface area contributed by atoms with E-state index in [1.54, 1.807) is 29.2 Å². The zero-order valence-electron chi connectivity index (χ0n) is 12.5. The molecule has 3 rings (SSSR count). The number of nitrogens with zero attached hydrogens (tertiary/aromatic N) is 1. The van der Waals surface area contributed by atoms with Gasteiger partial charge in [-0.05, 0) is 42.0 Å². The zero-order chi connectivity index (χ0) is 16.2. The Hall–Kier alpha value is -2.21. The van der Waals surface area contributed by atoms with Crippen molar-refractivity contribution >= 4 is 23.2 Å². The van der Waals surface area contributed by atoms with Crippen molar-refractivity contribution in [3.05, 3.63) is 58.0 Å². The molecule has 1 N–H and O–H groups in total. The summed E-state index contributed by atoms with van der Waals surface area (Å²) in [5.74, 6) is -0.687. The second kappa shape index (κ2) is 6.91. The van der Waals surface area contributed by atoms with Gasteiger partial charge in [0.25, 0.3) is 5.91 Å². The van der Waals surface area contributed by atoms with E-state index in [0.717, 1.165) is 18.4 Å². The van der Waals surface area contributed by atoms with Crippen LogP contribution >= 0.6 is 11.3 Å². The topological polar surface area (TPSA) is 49.4 Å². The Labute approximate surface area is 137 Å². The number of benzene rings is 1. The standard InChI is InChI=1S/C17H17FN2O2S/c18-13-4-1-3-12(9-13)11-20(14-6-7-14)16(21)10-19-17(22)15-5-2-8-23-15/h1-5,8-9,14H,6-7,10-11H2,(H,19,22). The summed E-state index contributed by atoms with van der Waals surface area (Å²) in [5.41, 5.74) is 0.759. The third kappa shape index (κ3) is 4.16. The quantitative estimate of drug-likeness (QED) is 0.884. The van der Waals surface area contributed by atoms with Crippen molar-refractivity contribution in [2.45, 2.75) is 25.4 Å². The molecule has 1 aliphatic rings. The predicted molar refractivity (Wildman–Crippen MR) is 86.6 cm³/mol. The van der Waals surface area contributed by atoms with Gasteiger partial charge in [0.05, 0.1) is 11.4 Å². The fraction of sp³-hybridized carbons (Fsp3) is 0.294. The number of halogens is 1. The average Bonchev–Trinajstić information content (AvgIpc) is 3.23. The highest BCUT2D eigenvalue weighted by Crippen LogP contribution is 2.28. The largest absolute Gasteiger partial charge is 0.342 e. The zero-order valence-corrected chi connectivity index (χ0v) is 13.3. The molecule has 1 heterocycles. The summed E-state index contributed by atoms with van der Waals surface area (Å²) in [6.07, 6.45) is 1.92. The third-order valence-corrected chi connectivity index (χ3v) is 4.56. The maximum absolute atomic E-state index is 13.3. The van der Waals surface area contributed by atoms with Crippen LogP contribution in [0.3, 0.4) is 0 Å². The highest BCUT2D eigenvalue weighted by atomic mass is 32.1. The molecule has 2 aromatic rings. The van der Waals surface area contributed by atoms with Gasteiger partial charge >= 0.3 is 0 Å². The molecule has 1 saturated carbocycles. The van der Waals surface area contributed by atoms with Gasteiger partial charge in [-0.1, -0.05) is 18.2 Å². The number of nitrogens with one attached hydrogen (secondary N) is 1. The Kier molecular flexibility index (Phi) is 4.71. The van der Waals surface area contributed by atoms with Crippen LogP contribution in [0, 0.1) is 5.82 Å². The van der Waals surface area contributed by atoms with Gasteiger partial charge in [0.15, 0.2) is 0 Å². The van der Waals surface area contributed by atoms with Gasteiger partial charge in [-0.3, -0.25) is 9.59 Å². The first-order valence-corrected chi connectivity index (χ1v) is 8.37. The van der Waals surface area contributed by atoms with Crippen molar-refractivity contribution in [3.8, 4) is 0 Å². The van der Waals surface area contributed by atoms with Crippen molar-refractivity contribution in [2.24, 2.45) is 0 Å². The maximum Gasteiger partial charge on any atom is 0.261 e. The first-order valence-electron chi connectivity index (χ1n) is 7.49. The first kappa shape index (κ1) is 15.7. The molecule has 2 amide bonds. The second-order valence-corrected chi connectivity index (χ2v) is 6.49. The highest BCUT2D eigenvalue weighted by Gasteiger charge is 2.32. The second-order valence-electron chi connectivity index (χ2n) is 5.54. The summed E-state index contributed by atoms with van der Waals surface area (Å²) in [5, 5.41) is 4.47. The van der Waals surface area contributed by atoms with E-state index in [1.165, 1.54) is 23.5 Å². The summed E-state index contributed by atoms with van der Waals surface area (Å²) in [6.45, 7) is 0.332. The molecule has 0 bridgehead atoms. The fourth-order valence-electron chi connectivity index (χ4n) is 2.39. The summed E-state index contributed by atoms with van der Waals surface area (Å²) in [7, 11) is 0. The van der Waals surface area contributed by atoms with E-state index in [9.17, 15) is 14.0 Å². The van der Waals surface area contributed by atoms with Gasteiger partial charge in [0.2, 0.25) is 5.91 Å². The van der Waals surface area contributed by atoms with Crippen molar-refractivity contribution in [1.82, 2.24) is 10.2 Å². The van der Waals surface area contributed by atoms with E-state index in [0.29, 0.717) is 11.4 Å². The molecular weight excluding hydrogens is 315 g/mol. The highest BCUT2D eigenvalue weighted by molar-refractivity contribution is 7.12. The van der Waals surface area contributed by atoms with E-state index in [-0.39, 0.29) is 30.2 Å². The number of hydrogen-bond donors (Lipinski definition) is 1. The first-order chi connectivity index (χ1) is 11.1. The van der Waals surface area contributed by atoms with Crippen LogP contribution in [0.25, 0.3) is 0 Å². The van der Waals surface area contributed by atoms with Crippen molar-refractivity contribution < 1.29 is 14.0 Å². The predicted octanol–water partition coefficient (Wildman–Crippen LogP) is 2.81. The Morgan fingerprint density at radius 1 is 1.26 bits per heavy atom. The molecule has 1 aromatic heterocycles. The molecule has 0 spiro atoms. The minimum absolute atomic E-state index is 0.0391. The third-order valence-electron chi connectivity index (χ3n) is 3.70. The molecule has 1 aliphatic carbocycles. The molecule has 0 aliphatic heterocycles. The lowest BCUT2D eigenvalue weighted by Crippen LogP contribution is -2.40. The normalized spacial score (nSPS) is 13.6. The maximum atomic E-state index is 13.3. The van der Waals surface area contributed by atoms with Gasteiger partial charge in [0, 0.05) is 12.6 Å². The molecule has 0 unspecified atom stereocenters. The van der Waals surface area contributed by atoms with Crippen molar-refractivity contribution in [3.63, 3.8) is 0 Å². The number of rotatable bonds is 6. The lowest BCUT2D eigenvalue weighted by atomic mass is 10.2. The van der Waals surface area contributed by atoms with E-state index in [2.05, 4.69) is 5.32 Å². The fourth-order valence-corrected chi connectivity index (χ4v) is 3.03. The lowest BCUT2D eigenvalue weighted by molar-refractivity contribution is -0.131. The van der Waals surface area contributed by atoms with Crippen LogP contribution < -0.4 is 5.32 Å². The van der Waals surface area contributed by atoms with E-state index >= 15 is 0 Å². The molecule has 1 aromatic carbocycles. The number of hydrogen-bond acceptors (Lipinski definition) is 3. The Morgan fingerprint density at radius 2 is 2.09 bits per heavy atom. The van der Waals surface area contributed by atoms with E-state index in [4.69, 9.17) is 0 Å². The molecule has 0 radical (unpaired) electrons. The molecule has 1 fully saturated rings. The van der Waals surface area contributed by atoms with Crippen LogP contribution in [-0.2, 0) is 11.3 Å². The summed E-state index contributed by atoms with van der Waals surface area (Å²) < 4.78 is 13.3. The molecule has 6 heteroatoms. The molecule has 23 heavy (non-hydrogen) atoms. The molecule has 0 atom stereocenters. The number of carbonyl (C=O) groups excluding carboxylic acids is 2. The number of thiophene rings is 1. The average molecular weight is 332 g/mol. The smallest absolute Gasteiger partial charge is 0.261 e. The van der Waals surface area contributed by atoms with E-state index < -0.39 is 0 Å². The number of carbonyl (C=O) groups is 2. The van der Waals surface area contributed by atoms with E-state index in [1.807, 2.05) is 5.38 Å². The van der Waals surface area contributed by atoms with Crippen molar-refractivity contribution in [2.75, 3.05) is 6.54 Å². The summed E-state index contributed by atoms with van der Waals surface area (Å²) in [4.78, 5) is 26.6. The van der Waals surface area contributed by atoms with Crippen LogP contribution in [-0.4, -0.2) is 29.3 Å². The Bertz CT molecular complexity index is 698. The van der Waals surface area contributed by atoms with Gasteiger partial charge in [-0.15, -0.1) is 11.3 Å². The molecule has 120 valence electrons. The van der Waals surface area contributed by atoms with Crippen LogP contribution in [0.4, 0.5) is 4.39 Å². The molecular formula is C17H17FN2O2S.